The smallest absolute Gasteiger partial charge is 0.425 e. The highest BCUT2D eigenvalue weighted by Crippen LogP contribution is 2.40. The van der Waals surface area contributed by atoms with Gasteiger partial charge >= 0.3 is 12.4 Å². The van der Waals surface area contributed by atoms with Gasteiger partial charge in [0.15, 0.2) is 0 Å². The lowest BCUT2D eigenvalue weighted by molar-refractivity contribution is -0.144. The van der Waals surface area contributed by atoms with Crippen LogP contribution in [0.25, 0.3) is 0 Å². The number of ether oxygens (including phenoxy) is 1. The molecule has 0 radical (unpaired) electrons. The molecule has 2 fully saturated rings. The molecule has 2 aliphatic heterocycles. The molecule has 17 heteroatoms. The fourth-order valence-corrected chi connectivity index (χ4v) is 7.04. The van der Waals surface area contributed by atoms with Crippen LogP contribution in [-0.4, -0.2) is 88.6 Å². The lowest BCUT2D eigenvalue weighted by Gasteiger charge is -2.44. The Hall–Kier alpha value is -4.22. The van der Waals surface area contributed by atoms with Gasteiger partial charge in [0, 0.05) is 48.5 Å². The second-order valence-corrected chi connectivity index (χ2v) is 14.0. The highest BCUT2D eigenvalue weighted by molar-refractivity contribution is 7.10. The monoisotopic (exact) mass is 851 g/mol. The summed E-state index contributed by atoms with van der Waals surface area (Å²) in [6.45, 7) is 14.5. The van der Waals surface area contributed by atoms with E-state index in [4.69, 9.17) is 24.5 Å². The van der Waals surface area contributed by atoms with Crippen molar-refractivity contribution in [2.45, 2.75) is 110 Å². The summed E-state index contributed by atoms with van der Waals surface area (Å²) >= 11 is 0.481. The predicted octanol–water partition coefficient (Wildman–Crippen LogP) is 9.61. The molecular formula is C41H59F6N3O7S. The quantitative estimate of drug-likeness (QED) is 0.115. The number of benzene rings is 1. The fraction of sp³-hybridized carbons (Fsp3) is 0.561. The van der Waals surface area contributed by atoms with Crippen molar-refractivity contribution in [2.24, 2.45) is 5.92 Å². The Morgan fingerprint density at radius 3 is 2.10 bits per heavy atom. The zero-order valence-electron chi connectivity index (χ0n) is 34.1. The highest BCUT2D eigenvalue weighted by Gasteiger charge is 2.41. The Bertz CT molecular complexity index is 1580. The molecule has 2 atom stereocenters. The van der Waals surface area contributed by atoms with Crippen LogP contribution < -0.4 is 4.74 Å². The van der Waals surface area contributed by atoms with Crippen molar-refractivity contribution in [2.75, 3.05) is 33.3 Å². The van der Waals surface area contributed by atoms with E-state index in [9.17, 15) is 36.2 Å². The molecule has 0 saturated carbocycles. The first-order valence-electron chi connectivity index (χ1n) is 19.1. The van der Waals surface area contributed by atoms with Gasteiger partial charge in [0.2, 0.25) is 5.91 Å². The third-order valence-corrected chi connectivity index (χ3v) is 10.2. The van der Waals surface area contributed by atoms with E-state index in [0.29, 0.717) is 56.0 Å². The zero-order chi connectivity index (χ0) is 44.5. The number of aliphatic hydroxyl groups is 1. The van der Waals surface area contributed by atoms with E-state index in [1.165, 1.54) is 13.1 Å². The molecule has 0 bridgehead atoms. The number of alkyl halides is 6. The molecule has 10 nitrogen and oxygen atoms in total. The molecular weight excluding hydrogens is 793 g/mol. The van der Waals surface area contributed by atoms with Crippen molar-refractivity contribution >= 4 is 30.5 Å². The van der Waals surface area contributed by atoms with E-state index in [-0.39, 0.29) is 29.6 Å². The Labute approximate surface area is 341 Å². The van der Waals surface area contributed by atoms with Crippen LogP contribution in [0.5, 0.6) is 11.5 Å². The van der Waals surface area contributed by atoms with E-state index in [2.05, 4.69) is 30.8 Å². The van der Waals surface area contributed by atoms with E-state index < -0.39 is 28.4 Å². The Morgan fingerprint density at radius 1 is 1.03 bits per heavy atom. The van der Waals surface area contributed by atoms with Gasteiger partial charge in [-0.25, -0.2) is 0 Å². The maximum Gasteiger partial charge on any atom is 0.425 e. The molecule has 2 aromatic heterocycles. The fourth-order valence-electron chi connectivity index (χ4n) is 6.40. The minimum atomic E-state index is -4.33. The minimum absolute atomic E-state index is 0.0968. The Morgan fingerprint density at radius 2 is 1.64 bits per heavy atom. The number of hydrogen-bond acceptors (Lipinski definition) is 9. The summed E-state index contributed by atoms with van der Waals surface area (Å²) < 4.78 is 77.1. The number of aromatic nitrogens is 1. The summed E-state index contributed by atoms with van der Waals surface area (Å²) in [6, 6.07) is 9.87. The molecule has 2 aliphatic rings. The van der Waals surface area contributed by atoms with Crippen LogP contribution in [0.2, 0.25) is 0 Å². The largest absolute Gasteiger partial charge is 0.507 e. The molecule has 3 N–H and O–H groups in total. The van der Waals surface area contributed by atoms with Crippen molar-refractivity contribution in [3.05, 3.63) is 75.7 Å². The molecule has 1 aromatic carbocycles. The van der Waals surface area contributed by atoms with Gasteiger partial charge in [0.1, 0.15) is 23.2 Å². The number of piperidine rings is 2. The summed E-state index contributed by atoms with van der Waals surface area (Å²) in [5.41, 5.74) is -0.520. The third-order valence-electron chi connectivity index (χ3n) is 9.20. The number of halogens is 6. The molecule has 2 unspecified atom stereocenters. The van der Waals surface area contributed by atoms with Gasteiger partial charge in [0.25, 0.3) is 6.47 Å². The van der Waals surface area contributed by atoms with Crippen molar-refractivity contribution < 1.29 is 60.8 Å². The van der Waals surface area contributed by atoms with Crippen molar-refractivity contribution in [3.8, 4) is 11.5 Å². The molecule has 2 saturated heterocycles. The number of unbranched alkanes of at least 4 members (excludes halogenated alkanes) is 1. The summed E-state index contributed by atoms with van der Waals surface area (Å²) in [7, 11) is 2.16. The number of aromatic hydroxyl groups is 1. The number of carbonyl (C=O) groups is 3. The van der Waals surface area contributed by atoms with Crippen LogP contribution in [0.1, 0.15) is 101 Å². The zero-order valence-corrected chi connectivity index (χ0v) is 34.9. The summed E-state index contributed by atoms with van der Waals surface area (Å²) in [6.07, 6.45) is 1.22. The number of amides is 1. The Balaban J connectivity index is 0.000000945. The first-order valence-corrected chi connectivity index (χ1v) is 19.9. The van der Waals surface area contributed by atoms with Crippen molar-refractivity contribution in [1.82, 2.24) is 14.8 Å². The minimum Gasteiger partial charge on any atom is -0.507 e. The second kappa shape index (κ2) is 27.5. The van der Waals surface area contributed by atoms with Crippen LogP contribution >= 0.6 is 11.3 Å². The number of carbonyl (C=O) groups excluding carboxylic acids is 2. The van der Waals surface area contributed by atoms with Crippen LogP contribution in [0.4, 0.5) is 26.3 Å². The van der Waals surface area contributed by atoms with Gasteiger partial charge in [0.05, 0.1) is 23.7 Å². The number of pyridine rings is 1. The number of rotatable bonds is 8. The SMILES string of the molecule is C=O.CC.CCCCOc1ccccc1C1(O)CCN(C(=O)C2CCCN(C)C2CCC)CC1.Cc1cnccc1C(F)(F)F.O=CO.Oc1csc(C(F)(F)F)c1. The normalized spacial score (nSPS) is 17.4. The van der Waals surface area contributed by atoms with Gasteiger partial charge in [-0.3, -0.25) is 14.6 Å². The number of likely N-dealkylation sites (tertiary alicyclic amines) is 2. The molecule has 328 valence electrons. The predicted molar refractivity (Wildman–Crippen MR) is 213 cm³/mol. The van der Waals surface area contributed by atoms with Gasteiger partial charge in [-0.1, -0.05) is 58.7 Å². The molecule has 58 heavy (non-hydrogen) atoms. The molecule has 0 aliphatic carbocycles. The van der Waals surface area contributed by atoms with Crippen LogP contribution in [-0.2, 0) is 32.3 Å². The topological polar surface area (TPSA) is 140 Å². The first-order chi connectivity index (χ1) is 27.4. The average molecular weight is 852 g/mol. The van der Waals surface area contributed by atoms with Crippen LogP contribution in [0.3, 0.4) is 0 Å². The van der Waals surface area contributed by atoms with Gasteiger partial charge in [-0.15, -0.1) is 11.3 Å². The van der Waals surface area contributed by atoms with Gasteiger partial charge in [-0.05, 0) is 76.7 Å². The second-order valence-electron chi connectivity index (χ2n) is 13.1. The average Bonchev–Trinajstić information content (AvgIpc) is 3.65. The molecule has 0 spiro atoms. The third kappa shape index (κ3) is 17.7. The summed E-state index contributed by atoms with van der Waals surface area (Å²) in [5, 5.41) is 27.9. The number of thiophene rings is 1. The van der Waals surface area contributed by atoms with Crippen LogP contribution in [0.15, 0.2) is 54.2 Å². The number of para-hydroxylation sites is 1. The number of hydrogen-bond donors (Lipinski definition) is 3. The molecule has 5 rings (SSSR count). The maximum absolute atomic E-state index is 13.4. The number of nitrogens with zero attached hydrogens (tertiary/aromatic N) is 3. The standard InChI is InChI=1S/C25H40N2O3.C7H6F3N.C5H3F3OS.C2H6.CH2O2.CH2O/c1-4-6-19-30-23-13-8-7-12-21(23)25(29)14-17-27(18-15-25)24(28)20-11-9-16-26(3)22(20)10-5-2;1-5-4-11-3-2-6(5)7(8,9)10;6-5(7,8)4-1-3(9)2-10-4;1-2;2-1-3;1-2/h7-8,12-13,20,22,29H,4-6,9-11,14-19H2,1-3H3;2-4H,1H3;1-2,9H;1-2H3;1H,(H,2,3);1H2. The van der Waals surface area contributed by atoms with Crippen molar-refractivity contribution in [1.29, 1.82) is 0 Å². The Kier molecular flexibility index (Phi) is 25.5. The number of aryl methyl sites for hydroxylation is 1. The molecule has 3 aromatic rings. The van der Waals surface area contributed by atoms with E-state index in [0.717, 1.165) is 74.0 Å². The highest BCUT2D eigenvalue weighted by atomic mass is 32.1. The van der Waals surface area contributed by atoms with Crippen molar-refractivity contribution in [3.63, 3.8) is 0 Å². The number of carboxylic acid groups (broad SMARTS) is 1. The lowest BCUT2D eigenvalue weighted by Crippen LogP contribution is -2.53. The van der Waals surface area contributed by atoms with E-state index in [1.807, 2.05) is 49.8 Å². The molecule has 4 heterocycles. The van der Waals surface area contributed by atoms with E-state index in [1.54, 1.807) is 0 Å². The molecule has 1 amide bonds. The summed E-state index contributed by atoms with van der Waals surface area (Å²) in [4.78, 5) is 36.9. The lowest BCUT2D eigenvalue weighted by atomic mass is 9.82. The van der Waals surface area contributed by atoms with E-state index >= 15 is 0 Å². The maximum atomic E-state index is 13.4. The van der Waals surface area contributed by atoms with Gasteiger partial charge < -0.3 is 34.7 Å². The summed E-state index contributed by atoms with van der Waals surface area (Å²) in [5.74, 6) is 0.830. The van der Waals surface area contributed by atoms with Crippen LogP contribution in [0, 0.1) is 12.8 Å². The first kappa shape index (κ1) is 53.8. The van der Waals surface area contributed by atoms with Gasteiger partial charge in [-0.2, -0.15) is 26.3 Å².